The average molecular weight is 1180 g/mol. The molecule has 0 radical (unpaired) electrons. The van der Waals surface area contributed by atoms with Crippen LogP contribution in [0.5, 0.6) is 0 Å². The van der Waals surface area contributed by atoms with Crippen LogP contribution in [-0.4, -0.2) is 95.9 Å². The van der Waals surface area contributed by atoms with Crippen molar-refractivity contribution in [1.29, 1.82) is 0 Å². The Morgan fingerprint density at radius 2 is 0.667 bits per heavy atom. The van der Waals surface area contributed by atoms with E-state index in [1.807, 2.05) is 12.2 Å². The van der Waals surface area contributed by atoms with Crippen LogP contribution in [-0.2, 0) is 55.8 Å². The number of carbonyl (C=O) groups excluding carboxylic acids is 3. The van der Waals surface area contributed by atoms with Gasteiger partial charge in [-0.25, -0.2) is 9.13 Å². The van der Waals surface area contributed by atoms with Gasteiger partial charge in [-0.1, -0.05) is 187 Å². The molecule has 18 heteroatoms. The maximum Gasteiger partial charge on any atom is 0.472 e. The van der Waals surface area contributed by atoms with E-state index >= 15 is 0 Å². The molecule has 5 unspecified atom stereocenters. The van der Waals surface area contributed by atoms with Crippen molar-refractivity contribution in [2.75, 3.05) is 39.6 Å². The molecule has 81 heavy (non-hydrogen) atoms. The third kappa shape index (κ3) is 57.6. The predicted molar refractivity (Wildman–Crippen MR) is 325 cm³/mol. The number of phosphoric ester groups is 2. The summed E-state index contributed by atoms with van der Waals surface area (Å²) in [6, 6.07) is 0. The first kappa shape index (κ1) is 77.0. The van der Waals surface area contributed by atoms with E-state index in [4.69, 9.17) is 32.3 Å². The number of phosphoric acid groups is 2. The van der Waals surface area contributed by atoms with Gasteiger partial charge in [-0.05, 0) is 116 Å². The Morgan fingerprint density at radius 3 is 1.10 bits per heavy atom. The predicted octanol–water partition coefficient (Wildman–Crippen LogP) is 15.5. The molecule has 0 amide bonds. The average Bonchev–Trinajstić information content (AvgIpc) is 3.44. The van der Waals surface area contributed by atoms with E-state index in [2.05, 4.69) is 130 Å². The molecule has 0 aromatic rings. The molecule has 0 saturated carbocycles. The zero-order chi connectivity index (χ0) is 59.6. The summed E-state index contributed by atoms with van der Waals surface area (Å²) in [7, 11) is -9.79. The number of ether oxygens (including phenoxy) is 3. The zero-order valence-electron chi connectivity index (χ0n) is 49.4. The van der Waals surface area contributed by atoms with Gasteiger partial charge < -0.3 is 34.2 Å². The minimum atomic E-state index is -4.93. The SMILES string of the molecule is CC/C=C\C/C=C\C/C=C\C/C=C\C/C=C\CCCC(=O)OCC(O)COP(=O)(O)OCC(O)COP(=O)(O)OCC(COC(=O)CCCCCC/C=C\C/C=C\C/C=C\C/C=C\CC)OC(=O)CCCCCCC/C=C\CCCC. The Labute approximate surface area is 487 Å². The van der Waals surface area contributed by atoms with Crippen molar-refractivity contribution in [3.8, 4) is 0 Å². The van der Waals surface area contributed by atoms with E-state index in [1.54, 1.807) is 0 Å². The molecular formula is C63H104O16P2. The molecule has 4 N–H and O–H groups in total. The van der Waals surface area contributed by atoms with Gasteiger partial charge in [0, 0.05) is 19.3 Å². The molecule has 0 fully saturated rings. The second kappa shape index (κ2) is 56.4. The molecule has 0 bridgehead atoms. The van der Waals surface area contributed by atoms with Crippen LogP contribution in [0.3, 0.4) is 0 Å². The van der Waals surface area contributed by atoms with Gasteiger partial charge in [-0.2, -0.15) is 0 Å². The standard InChI is InChI=1S/C63H104O16P2/c1-4-7-10-13-16-19-22-24-26-28-30-32-35-37-40-43-46-49-61(66)73-52-58(64)53-75-80(69,70)76-54-59(65)55-77-81(71,72)78-57-60(79-63(68)51-48-45-42-39-34-21-18-15-12-9-6-3)56-74-62(67)50-47-44-41-38-36-33-31-29-27-25-23-20-17-14-11-8-5-2/h7-8,10-11,15-20,24-27,30-33,37,40,58-60,64-65H,4-6,9,12-14,21-23,28-29,34-36,38-39,41-57H2,1-3H3,(H,69,70)(H,71,72)/b10-7-,11-8-,18-15-,19-16-,20-17-,26-24-,27-25-,32-30-,33-31-,40-37-. The quantitative estimate of drug-likeness (QED) is 0.0146. The largest absolute Gasteiger partial charge is 0.472 e. The van der Waals surface area contributed by atoms with Gasteiger partial charge in [0.25, 0.3) is 0 Å². The first-order valence-electron chi connectivity index (χ1n) is 29.8. The highest BCUT2D eigenvalue weighted by atomic mass is 31.2. The molecule has 5 atom stereocenters. The Balaban J connectivity index is 4.74. The summed E-state index contributed by atoms with van der Waals surface area (Å²) in [5, 5.41) is 20.4. The molecule has 0 aromatic carbocycles. The number of aliphatic hydroxyl groups excluding tert-OH is 2. The summed E-state index contributed by atoms with van der Waals surface area (Å²) in [6.07, 6.45) is 61.4. The summed E-state index contributed by atoms with van der Waals surface area (Å²) in [5.41, 5.74) is 0. The molecule has 0 heterocycles. The van der Waals surface area contributed by atoms with E-state index < -0.39 is 91.5 Å². The minimum Gasteiger partial charge on any atom is -0.463 e. The molecule has 0 spiro atoms. The summed E-state index contributed by atoms with van der Waals surface area (Å²) < 4.78 is 60.5. The van der Waals surface area contributed by atoms with Crippen LogP contribution >= 0.6 is 15.6 Å². The van der Waals surface area contributed by atoms with Crippen LogP contribution in [0.2, 0.25) is 0 Å². The topological polar surface area (TPSA) is 231 Å². The van der Waals surface area contributed by atoms with E-state index in [-0.39, 0.29) is 19.3 Å². The van der Waals surface area contributed by atoms with E-state index in [1.165, 1.54) is 12.8 Å². The Hall–Kier alpha value is -4.05. The zero-order valence-corrected chi connectivity index (χ0v) is 51.2. The summed E-state index contributed by atoms with van der Waals surface area (Å²) in [5.74, 6) is -1.68. The van der Waals surface area contributed by atoms with Crippen molar-refractivity contribution in [2.24, 2.45) is 0 Å². The first-order valence-corrected chi connectivity index (χ1v) is 32.8. The Kier molecular flexibility index (Phi) is 53.6. The van der Waals surface area contributed by atoms with Crippen LogP contribution in [0.1, 0.15) is 201 Å². The number of rotatable bonds is 55. The van der Waals surface area contributed by atoms with Crippen LogP contribution in [0.15, 0.2) is 122 Å². The van der Waals surface area contributed by atoms with Gasteiger partial charge in [0.15, 0.2) is 6.10 Å². The highest BCUT2D eigenvalue weighted by molar-refractivity contribution is 7.47. The number of allylic oxidation sites excluding steroid dienone is 20. The van der Waals surface area contributed by atoms with E-state index in [9.17, 15) is 43.5 Å². The molecule has 0 rings (SSSR count). The molecule has 0 aliphatic rings. The summed E-state index contributed by atoms with van der Waals surface area (Å²) >= 11 is 0. The number of carbonyl (C=O) groups is 3. The highest BCUT2D eigenvalue weighted by Crippen LogP contribution is 2.45. The lowest BCUT2D eigenvalue weighted by atomic mass is 10.1. The van der Waals surface area contributed by atoms with Crippen LogP contribution in [0, 0.1) is 0 Å². The van der Waals surface area contributed by atoms with Crippen LogP contribution in [0.4, 0.5) is 0 Å². The van der Waals surface area contributed by atoms with Crippen LogP contribution in [0.25, 0.3) is 0 Å². The number of hydrogen-bond acceptors (Lipinski definition) is 14. The smallest absolute Gasteiger partial charge is 0.463 e. The van der Waals surface area contributed by atoms with Gasteiger partial charge in [0.2, 0.25) is 0 Å². The second-order valence-corrected chi connectivity index (χ2v) is 22.3. The fraction of sp³-hybridized carbons (Fsp3) is 0.635. The van der Waals surface area contributed by atoms with Gasteiger partial charge in [0.05, 0.1) is 26.4 Å². The summed E-state index contributed by atoms with van der Waals surface area (Å²) in [6.45, 7) is 2.24. The van der Waals surface area contributed by atoms with Crippen LogP contribution < -0.4 is 0 Å². The van der Waals surface area contributed by atoms with Gasteiger partial charge in [-0.3, -0.25) is 32.5 Å². The maximum atomic E-state index is 12.8. The number of unbranched alkanes of at least 4 members (excludes halogenated alkanes) is 12. The summed E-state index contributed by atoms with van der Waals surface area (Å²) in [4.78, 5) is 58.0. The van der Waals surface area contributed by atoms with Crippen molar-refractivity contribution >= 4 is 33.6 Å². The molecule has 0 aliphatic carbocycles. The van der Waals surface area contributed by atoms with Crippen molar-refractivity contribution in [1.82, 2.24) is 0 Å². The third-order valence-corrected chi connectivity index (χ3v) is 13.6. The first-order chi connectivity index (χ1) is 39.2. The molecular weight excluding hydrogens is 1070 g/mol. The minimum absolute atomic E-state index is 0.0834. The highest BCUT2D eigenvalue weighted by Gasteiger charge is 2.29. The van der Waals surface area contributed by atoms with Crippen molar-refractivity contribution in [3.63, 3.8) is 0 Å². The fourth-order valence-corrected chi connectivity index (χ4v) is 8.69. The Morgan fingerprint density at radius 1 is 0.358 bits per heavy atom. The molecule has 462 valence electrons. The normalized spacial score (nSPS) is 15.3. The lowest BCUT2D eigenvalue weighted by Gasteiger charge is -2.21. The Bertz CT molecular complexity index is 1970. The second-order valence-electron chi connectivity index (χ2n) is 19.4. The monoisotopic (exact) mass is 1180 g/mol. The van der Waals surface area contributed by atoms with Crippen molar-refractivity contribution in [2.45, 2.75) is 219 Å². The lowest BCUT2D eigenvalue weighted by molar-refractivity contribution is -0.161. The van der Waals surface area contributed by atoms with E-state index in [0.29, 0.717) is 25.7 Å². The lowest BCUT2D eigenvalue weighted by Crippen LogP contribution is -2.30. The molecule has 16 nitrogen and oxygen atoms in total. The van der Waals surface area contributed by atoms with E-state index in [0.717, 1.165) is 122 Å². The fourth-order valence-electron chi connectivity index (χ4n) is 7.10. The van der Waals surface area contributed by atoms with Crippen molar-refractivity contribution in [3.05, 3.63) is 122 Å². The van der Waals surface area contributed by atoms with Gasteiger partial charge >= 0.3 is 33.6 Å². The molecule has 0 saturated heterocycles. The molecule has 0 aliphatic heterocycles. The maximum absolute atomic E-state index is 12.8. The van der Waals surface area contributed by atoms with Gasteiger partial charge in [0.1, 0.15) is 25.4 Å². The number of esters is 3. The van der Waals surface area contributed by atoms with Gasteiger partial charge in [-0.15, -0.1) is 0 Å². The number of aliphatic hydroxyl groups is 2. The third-order valence-electron chi connectivity index (χ3n) is 11.7. The van der Waals surface area contributed by atoms with Crippen molar-refractivity contribution < 1.29 is 75.8 Å². The molecule has 0 aromatic heterocycles. The number of hydrogen-bond donors (Lipinski definition) is 4.